The van der Waals surface area contributed by atoms with E-state index in [1.165, 1.54) is 6.08 Å². The monoisotopic (exact) mass is 566 g/mol. The van der Waals surface area contributed by atoms with Crippen LogP contribution in [0.15, 0.2) is 82.1 Å². The molecule has 16 heteroatoms. The van der Waals surface area contributed by atoms with Crippen molar-refractivity contribution in [1.82, 2.24) is 0 Å². The third kappa shape index (κ3) is 10.3. The first-order chi connectivity index (χ1) is 15.0. The number of rotatable bonds is 4. The topological polar surface area (TPSA) is 169 Å². The van der Waals surface area contributed by atoms with Crippen LogP contribution < -0.4 is 88.7 Å². The number of ether oxygens (including phenoxy) is 1. The molecule has 4 aliphatic carbocycles. The first-order valence-electron chi connectivity index (χ1n) is 8.48. The number of hydrogen-bond donors (Lipinski definition) is 0. The number of allylic oxidation sites excluding steroid dienone is 12. The van der Waals surface area contributed by atoms with E-state index in [1.807, 2.05) is 18.2 Å². The molecule has 0 bridgehead atoms. The van der Waals surface area contributed by atoms with Gasteiger partial charge in [-0.25, -0.2) is 12.2 Å². The van der Waals surface area contributed by atoms with Gasteiger partial charge in [0.05, 0.1) is 16.7 Å². The van der Waals surface area contributed by atoms with Gasteiger partial charge in [-0.05, 0) is 16.7 Å². The average Bonchev–Trinajstić information content (AvgIpc) is 2.69. The van der Waals surface area contributed by atoms with Crippen LogP contribution in [0.3, 0.4) is 0 Å². The van der Waals surface area contributed by atoms with Crippen molar-refractivity contribution in [3.8, 4) is 0 Å². The van der Waals surface area contributed by atoms with Gasteiger partial charge in [0.1, 0.15) is 0 Å². The summed E-state index contributed by atoms with van der Waals surface area (Å²) in [5, 5.41) is 0. The summed E-state index contributed by atoms with van der Waals surface area (Å²) >= 11 is 0. The van der Waals surface area contributed by atoms with Gasteiger partial charge in [0.15, 0.2) is 0 Å². The Hall–Kier alpha value is -0.130. The third-order valence-corrected chi connectivity index (χ3v) is 5.39. The molecular weight excluding hydrogens is 553 g/mol. The summed E-state index contributed by atoms with van der Waals surface area (Å²) in [5.74, 6) is 0.319. The normalized spacial score (nSPS) is 19.8. The van der Waals surface area contributed by atoms with Crippen molar-refractivity contribution in [1.29, 1.82) is 0 Å². The molecule has 0 radical (unpaired) electrons. The van der Waals surface area contributed by atoms with Crippen molar-refractivity contribution in [3.63, 3.8) is 0 Å². The fourth-order valence-electron chi connectivity index (χ4n) is 3.53. The van der Waals surface area contributed by atoms with Crippen LogP contribution in [-0.4, -0.2) is 44.8 Å². The van der Waals surface area contributed by atoms with E-state index in [-0.39, 0.29) is 105 Å². The minimum Gasteiger partial charge on any atom is -0.754 e. The van der Waals surface area contributed by atoms with Crippen LogP contribution in [0.25, 0.3) is 0 Å². The van der Waals surface area contributed by atoms with Crippen LogP contribution in [-0.2, 0) is 36.1 Å². The van der Waals surface area contributed by atoms with Gasteiger partial charge in [-0.3, -0.25) is 8.42 Å². The SMILES string of the molecule is C=CCOC1=C[C-]=C2C=CC3=[C-]C=C(S(=O)(=O)[O-])C4=CC=C1C2C34.O=S(=O)=O.O=S(=O)=O.[Na+].[Na+].[Na+]. The van der Waals surface area contributed by atoms with Crippen LogP contribution in [0.5, 0.6) is 0 Å². The minimum atomic E-state index is -4.55. The molecule has 0 aromatic carbocycles. The van der Waals surface area contributed by atoms with Gasteiger partial charge in [-0.15, -0.1) is 31.3 Å². The second-order valence-corrected chi connectivity index (χ2v) is 8.38. The molecule has 0 amide bonds. The van der Waals surface area contributed by atoms with Crippen LogP contribution in [0.1, 0.15) is 0 Å². The molecule has 0 aromatic heterocycles. The van der Waals surface area contributed by atoms with Crippen LogP contribution >= 0.6 is 0 Å². The van der Waals surface area contributed by atoms with Crippen molar-refractivity contribution in [2.24, 2.45) is 11.8 Å². The molecule has 4 rings (SSSR count). The molecule has 0 N–H and O–H groups in total. The molecule has 170 valence electrons. The second-order valence-electron chi connectivity index (χ2n) is 6.21. The van der Waals surface area contributed by atoms with E-state index in [0.717, 1.165) is 16.7 Å². The van der Waals surface area contributed by atoms with Crippen molar-refractivity contribution >= 4 is 31.3 Å². The fraction of sp³-hybridized carbons (Fsp3) is 0.158. The molecule has 35 heavy (non-hydrogen) atoms. The third-order valence-electron chi connectivity index (χ3n) is 4.49. The summed E-state index contributed by atoms with van der Waals surface area (Å²) in [6, 6.07) is 0. The molecule has 2 atom stereocenters. The average molecular weight is 566 g/mol. The van der Waals surface area contributed by atoms with Gasteiger partial charge >= 0.3 is 110 Å². The minimum absolute atomic E-state index is 0. The standard InChI is InChI=1S/C19H14O4S.3Na.2O3S/c1-2-11-23-16-9-5-12-3-4-13-6-10-17(24(20,21)22)15-8-7-14(16)18(12)19(13)15;;;;2*1-4(2)3/h2-4,7-10,18-19H,1,11H2,(H,20,21,22);;;;;/q-2;3*+1;;/p-1. The van der Waals surface area contributed by atoms with Crippen molar-refractivity contribution in [2.45, 2.75) is 0 Å². The zero-order chi connectivity index (χ0) is 24.1. The van der Waals surface area contributed by atoms with Gasteiger partial charge in [0.2, 0.25) is 0 Å². The Morgan fingerprint density at radius 3 is 1.77 bits per heavy atom. The molecule has 0 saturated heterocycles. The summed E-state index contributed by atoms with van der Waals surface area (Å²) in [7, 11) is -10.8. The van der Waals surface area contributed by atoms with Gasteiger partial charge in [0, 0.05) is 5.76 Å². The second kappa shape index (κ2) is 16.7. The van der Waals surface area contributed by atoms with Crippen LogP contribution in [0.4, 0.5) is 0 Å². The smallest absolute Gasteiger partial charge is 0.754 e. The zero-order valence-corrected chi connectivity index (χ0v) is 27.4. The molecule has 10 nitrogen and oxygen atoms in total. The van der Waals surface area contributed by atoms with Crippen LogP contribution in [0.2, 0.25) is 0 Å². The molecule has 0 aromatic rings. The van der Waals surface area contributed by atoms with E-state index >= 15 is 0 Å². The summed E-state index contributed by atoms with van der Waals surface area (Å²) < 4.78 is 91.1. The summed E-state index contributed by atoms with van der Waals surface area (Å²) in [6.45, 7) is 4.02. The Bertz CT molecular complexity index is 1340. The van der Waals surface area contributed by atoms with Gasteiger partial charge in [0.25, 0.3) is 0 Å². The molecule has 0 spiro atoms. The quantitative estimate of drug-likeness (QED) is 0.138. The Morgan fingerprint density at radius 2 is 1.31 bits per heavy atom. The van der Waals surface area contributed by atoms with E-state index in [1.54, 1.807) is 18.2 Å². The maximum atomic E-state index is 11.6. The van der Waals surface area contributed by atoms with Gasteiger partial charge in [-0.2, -0.15) is 29.4 Å². The summed E-state index contributed by atoms with van der Waals surface area (Å²) in [4.78, 5) is -0.204. The molecule has 0 saturated carbocycles. The summed E-state index contributed by atoms with van der Waals surface area (Å²) in [5.41, 5.74) is 3.27. The predicted molar refractivity (Wildman–Crippen MR) is 107 cm³/mol. The Morgan fingerprint density at radius 1 is 0.886 bits per heavy atom. The molecule has 0 heterocycles. The molecule has 0 fully saturated rings. The Balaban J connectivity index is 0. The van der Waals surface area contributed by atoms with E-state index in [4.69, 9.17) is 30.0 Å². The van der Waals surface area contributed by atoms with Gasteiger partial charge in [-0.1, -0.05) is 36.0 Å². The maximum Gasteiger partial charge on any atom is 1.00 e. The van der Waals surface area contributed by atoms with Crippen molar-refractivity contribution in [2.75, 3.05) is 6.61 Å². The van der Waals surface area contributed by atoms with E-state index < -0.39 is 31.3 Å². The van der Waals surface area contributed by atoms with Crippen molar-refractivity contribution in [3.05, 3.63) is 94.2 Å². The Labute approximate surface area is 272 Å². The largest absolute Gasteiger partial charge is 1.00 e. The first kappa shape index (κ1) is 37.0. The number of hydrogen-bond acceptors (Lipinski definition) is 10. The fourth-order valence-corrected chi connectivity index (χ4v) is 4.22. The Kier molecular flexibility index (Phi) is 17.6. The molecule has 2 unspecified atom stereocenters. The maximum absolute atomic E-state index is 11.6. The molecule has 0 aliphatic heterocycles. The van der Waals surface area contributed by atoms with Gasteiger partial charge < -0.3 is 9.29 Å². The van der Waals surface area contributed by atoms with E-state index in [2.05, 4.69) is 18.7 Å². The molecular formula is C19H13Na3O10S3. The van der Waals surface area contributed by atoms with E-state index in [0.29, 0.717) is 17.9 Å². The first-order valence-corrected chi connectivity index (χ1v) is 11.9. The van der Waals surface area contributed by atoms with E-state index in [9.17, 15) is 13.0 Å². The van der Waals surface area contributed by atoms with Crippen molar-refractivity contribution < 1.29 is 132 Å². The molecule has 4 aliphatic rings. The summed E-state index contributed by atoms with van der Waals surface area (Å²) in [6.07, 6.45) is 18.3. The zero-order valence-electron chi connectivity index (χ0n) is 18.9. The van der Waals surface area contributed by atoms with Crippen LogP contribution in [0, 0.1) is 24.0 Å². The predicted octanol–water partition coefficient (Wildman–Crippen LogP) is -8.34.